The molecule has 0 aromatic heterocycles. The molecule has 82 valence electrons. The fourth-order valence-electron chi connectivity index (χ4n) is 1.74. The molecular weight excluding hydrogens is 221 g/mol. The zero-order chi connectivity index (χ0) is 11.2. The highest BCUT2D eigenvalue weighted by Crippen LogP contribution is 2.53. The Morgan fingerprint density at radius 2 is 2.00 bits per heavy atom. The van der Waals surface area contributed by atoms with Crippen molar-refractivity contribution in [1.82, 2.24) is 0 Å². The molecule has 4 N–H and O–H groups in total. The summed E-state index contributed by atoms with van der Waals surface area (Å²) in [7, 11) is 0. The van der Waals surface area contributed by atoms with Crippen LogP contribution in [0.4, 0.5) is 4.39 Å². The lowest BCUT2D eigenvalue weighted by Crippen LogP contribution is -2.20. The fourth-order valence-corrected chi connectivity index (χ4v) is 1.93. The van der Waals surface area contributed by atoms with E-state index in [1.165, 1.54) is 0 Å². The van der Waals surface area contributed by atoms with Crippen LogP contribution in [0.3, 0.4) is 0 Å². The standard InChI is InChI=1S/C10H11ClFNO2/c11-7-8(14)5(3-6(12)9(7)15)10(4-13)1-2-10/h3,14-15H,1-2,4,13H2. The van der Waals surface area contributed by atoms with Gasteiger partial charge in [-0.25, -0.2) is 4.39 Å². The Morgan fingerprint density at radius 1 is 1.40 bits per heavy atom. The highest BCUT2D eigenvalue weighted by molar-refractivity contribution is 6.33. The molecule has 0 radical (unpaired) electrons. The van der Waals surface area contributed by atoms with Crippen molar-refractivity contribution in [2.45, 2.75) is 18.3 Å². The predicted molar refractivity (Wildman–Crippen MR) is 54.7 cm³/mol. The minimum absolute atomic E-state index is 0.265. The lowest BCUT2D eigenvalue weighted by Gasteiger charge is -2.16. The molecule has 1 aliphatic carbocycles. The fraction of sp³-hybridized carbons (Fsp3) is 0.400. The summed E-state index contributed by atoms with van der Waals surface area (Å²) in [4.78, 5) is 0. The van der Waals surface area contributed by atoms with E-state index in [1.807, 2.05) is 0 Å². The topological polar surface area (TPSA) is 66.5 Å². The second kappa shape index (κ2) is 3.25. The number of halogens is 2. The molecule has 0 amide bonds. The van der Waals surface area contributed by atoms with Gasteiger partial charge in [0.2, 0.25) is 0 Å². The predicted octanol–water partition coefficient (Wildman–Crippen LogP) is 1.88. The first-order valence-corrected chi connectivity index (χ1v) is 5.00. The van der Waals surface area contributed by atoms with Crippen molar-refractivity contribution >= 4 is 11.6 Å². The quantitative estimate of drug-likeness (QED) is 0.728. The summed E-state index contributed by atoms with van der Waals surface area (Å²) in [6.07, 6.45) is 1.61. The average molecular weight is 232 g/mol. The van der Waals surface area contributed by atoms with Gasteiger partial charge in [-0.05, 0) is 18.9 Å². The van der Waals surface area contributed by atoms with Crippen molar-refractivity contribution < 1.29 is 14.6 Å². The Hall–Kier alpha value is -1.00. The van der Waals surface area contributed by atoms with Crippen molar-refractivity contribution in [3.63, 3.8) is 0 Å². The number of rotatable bonds is 2. The first-order valence-electron chi connectivity index (χ1n) is 4.62. The summed E-state index contributed by atoms with van der Waals surface area (Å²) in [6.45, 7) is 0.334. The number of benzene rings is 1. The third-order valence-electron chi connectivity index (χ3n) is 2.98. The molecule has 0 spiro atoms. The van der Waals surface area contributed by atoms with Gasteiger partial charge in [0.15, 0.2) is 11.6 Å². The van der Waals surface area contributed by atoms with Gasteiger partial charge in [-0.15, -0.1) is 0 Å². The van der Waals surface area contributed by atoms with E-state index in [-0.39, 0.29) is 16.2 Å². The Kier molecular flexibility index (Phi) is 2.28. The van der Waals surface area contributed by atoms with E-state index >= 15 is 0 Å². The summed E-state index contributed by atoms with van der Waals surface area (Å²) in [5.41, 5.74) is 5.60. The highest BCUT2D eigenvalue weighted by Gasteiger charge is 2.45. The normalized spacial score (nSPS) is 17.8. The summed E-state index contributed by atoms with van der Waals surface area (Å²) in [6, 6.07) is 1.11. The molecule has 1 saturated carbocycles. The molecular formula is C10H11ClFNO2. The van der Waals surface area contributed by atoms with Crippen LogP contribution in [-0.2, 0) is 5.41 Å². The van der Waals surface area contributed by atoms with Gasteiger partial charge in [0.1, 0.15) is 10.8 Å². The molecule has 0 atom stereocenters. The van der Waals surface area contributed by atoms with E-state index in [9.17, 15) is 14.6 Å². The molecule has 1 aromatic rings. The largest absolute Gasteiger partial charge is 0.506 e. The van der Waals surface area contributed by atoms with Crippen LogP contribution >= 0.6 is 11.6 Å². The summed E-state index contributed by atoms with van der Waals surface area (Å²) in [5.74, 6) is -1.81. The van der Waals surface area contributed by atoms with Gasteiger partial charge < -0.3 is 15.9 Å². The van der Waals surface area contributed by atoms with Gasteiger partial charge in [-0.3, -0.25) is 0 Å². The summed E-state index contributed by atoms with van der Waals surface area (Å²) < 4.78 is 13.2. The van der Waals surface area contributed by atoms with Crippen molar-refractivity contribution in [2.75, 3.05) is 6.54 Å². The lowest BCUT2D eigenvalue weighted by atomic mass is 9.95. The first kappa shape index (κ1) is 10.5. The average Bonchev–Trinajstić information content (AvgIpc) is 3.01. The number of aromatic hydroxyl groups is 2. The van der Waals surface area contributed by atoms with Crippen LogP contribution in [0.15, 0.2) is 6.07 Å². The molecule has 5 heteroatoms. The zero-order valence-electron chi connectivity index (χ0n) is 7.93. The van der Waals surface area contributed by atoms with E-state index in [2.05, 4.69) is 0 Å². The van der Waals surface area contributed by atoms with Crippen molar-refractivity contribution in [3.8, 4) is 11.5 Å². The Bertz CT molecular complexity index is 418. The first-order chi connectivity index (χ1) is 7.02. The van der Waals surface area contributed by atoms with E-state index in [0.717, 1.165) is 18.9 Å². The third kappa shape index (κ3) is 1.44. The van der Waals surface area contributed by atoms with Gasteiger partial charge >= 0.3 is 0 Å². The Morgan fingerprint density at radius 3 is 2.47 bits per heavy atom. The van der Waals surface area contributed by atoms with Gasteiger partial charge in [0, 0.05) is 17.5 Å². The van der Waals surface area contributed by atoms with Crippen LogP contribution in [0.5, 0.6) is 11.5 Å². The number of hydrogen-bond acceptors (Lipinski definition) is 3. The maximum absolute atomic E-state index is 13.2. The van der Waals surface area contributed by atoms with Crippen molar-refractivity contribution in [2.24, 2.45) is 5.73 Å². The Labute approximate surface area is 91.3 Å². The smallest absolute Gasteiger partial charge is 0.174 e. The van der Waals surface area contributed by atoms with Crippen molar-refractivity contribution in [3.05, 3.63) is 22.5 Å². The van der Waals surface area contributed by atoms with Gasteiger partial charge in [-0.2, -0.15) is 0 Å². The summed E-state index contributed by atoms with van der Waals surface area (Å²) >= 11 is 5.60. The van der Waals surface area contributed by atoms with Gasteiger partial charge in [-0.1, -0.05) is 11.6 Å². The van der Waals surface area contributed by atoms with Gasteiger partial charge in [0.05, 0.1) is 0 Å². The molecule has 0 aliphatic heterocycles. The molecule has 0 saturated heterocycles. The minimum Gasteiger partial charge on any atom is -0.506 e. The van der Waals surface area contributed by atoms with Crippen LogP contribution in [0.2, 0.25) is 5.02 Å². The number of phenolic OH excluding ortho intramolecular Hbond substituents is 2. The molecule has 2 rings (SSSR count). The highest BCUT2D eigenvalue weighted by atomic mass is 35.5. The maximum atomic E-state index is 13.2. The van der Waals surface area contributed by atoms with Crippen LogP contribution in [0, 0.1) is 5.82 Å². The molecule has 1 aliphatic rings. The van der Waals surface area contributed by atoms with Crippen LogP contribution in [0.1, 0.15) is 18.4 Å². The van der Waals surface area contributed by atoms with Crippen LogP contribution in [0.25, 0.3) is 0 Å². The second-order valence-corrected chi connectivity index (χ2v) is 4.28. The van der Waals surface area contributed by atoms with Crippen molar-refractivity contribution in [1.29, 1.82) is 0 Å². The molecule has 0 bridgehead atoms. The van der Waals surface area contributed by atoms with E-state index in [1.54, 1.807) is 0 Å². The van der Waals surface area contributed by atoms with Crippen LogP contribution < -0.4 is 5.73 Å². The minimum atomic E-state index is -0.826. The Balaban J connectivity index is 2.58. The van der Waals surface area contributed by atoms with Crippen LogP contribution in [-0.4, -0.2) is 16.8 Å². The zero-order valence-corrected chi connectivity index (χ0v) is 8.68. The molecule has 1 fully saturated rings. The molecule has 0 heterocycles. The van der Waals surface area contributed by atoms with E-state index in [4.69, 9.17) is 17.3 Å². The monoisotopic (exact) mass is 231 g/mol. The SMILES string of the molecule is NCC1(c2cc(F)c(O)c(Cl)c2O)CC1. The van der Waals surface area contributed by atoms with Gasteiger partial charge in [0.25, 0.3) is 0 Å². The molecule has 0 unspecified atom stereocenters. The number of hydrogen-bond donors (Lipinski definition) is 3. The molecule has 15 heavy (non-hydrogen) atoms. The number of phenols is 2. The van der Waals surface area contributed by atoms with E-state index in [0.29, 0.717) is 12.1 Å². The third-order valence-corrected chi connectivity index (χ3v) is 3.34. The molecule has 1 aromatic carbocycles. The maximum Gasteiger partial charge on any atom is 0.174 e. The van der Waals surface area contributed by atoms with E-state index < -0.39 is 11.6 Å². The molecule has 3 nitrogen and oxygen atoms in total. The number of nitrogens with two attached hydrogens (primary N) is 1. The second-order valence-electron chi connectivity index (χ2n) is 3.90. The lowest BCUT2D eigenvalue weighted by molar-refractivity contribution is 0.412. The summed E-state index contributed by atoms with van der Waals surface area (Å²) in [5, 5.41) is 18.5.